The topological polar surface area (TPSA) is 113 Å². The average Bonchev–Trinajstić information content (AvgIpc) is 3.16. The smallest absolute Gasteiger partial charge is 0.326 e. The Balaban J connectivity index is 1.82. The minimum absolute atomic E-state index is 0.111. The summed E-state index contributed by atoms with van der Waals surface area (Å²) in [6.07, 6.45) is 0.987. The van der Waals surface area contributed by atoms with Crippen LogP contribution in [0, 0.1) is 10.1 Å². The van der Waals surface area contributed by atoms with Gasteiger partial charge in [-0.2, -0.15) is 0 Å². The number of hydrogen-bond donors (Lipinski definition) is 2. The maximum atomic E-state index is 12.6. The largest absolute Gasteiger partial charge is 0.480 e. The Labute approximate surface area is 155 Å². The molecule has 0 spiro atoms. The lowest BCUT2D eigenvalue weighted by molar-refractivity contribution is -0.384. The number of anilines is 1. The molecule has 27 heavy (non-hydrogen) atoms. The maximum Gasteiger partial charge on any atom is 0.326 e. The van der Waals surface area contributed by atoms with E-state index in [1.165, 1.54) is 23.1 Å². The fraction of sp³-hybridized carbons (Fsp3) is 0.263. The number of nitrogens with one attached hydrogen (secondary N) is 1. The van der Waals surface area contributed by atoms with Gasteiger partial charge in [0, 0.05) is 24.7 Å². The molecule has 0 aliphatic carbocycles. The van der Waals surface area contributed by atoms with Crippen molar-refractivity contribution in [3.05, 3.63) is 69.8 Å². The molecule has 0 aromatic heterocycles. The molecule has 2 aromatic carbocycles. The molecule has 2 aromatic rings. The summed E-state index contributed by atoms with van der Waals surface area (Å²) in [4.78, 5) is 36.1. The van der Waals surface area contributed by atoms with E-state index in [0.717, 1.165) is 5.56 Å². The van der Waals surface area contributed by atoms with Crippen LogP contribution in [0.4, 0.5) is 11.4 Å². The molecule has 1 fully saturated rings. The molecule has 0 radical (unpaired) electrons. The summed E-state index contributed by atoms with van der Waals surface area (Å²) >= 11 is 0. The van der Waals surface area contributed by atoms with Crippen LogP contribution in [-0.2, 0) is 11.3 Å². The van der Waals surface area contributed by atoms with Gasteiger partial charge in [0.15, 0.2) is 0 Å². The van der Waals surface area contributed by atoms with Crippen molar-refractivity contribution in [2.75, 3.05) is 11.9 Å². The van der Waals surface area contributed by atoms with Gasteiger partial charge in [-0.1, -0.05) is 30.3 Å². The predicted molar refractivity (Wildman–Crippen MR) is 98.6 cm³/mol. The van der Waals surface area contributed by atoms with E-state index in [9.17, 15) is 24.8 Å². The summed E-state index contributed by atoms with van der Waals surface area (Å²) in [5.41, 5.74) is 1.16. The van der Waals surface area contributed by atoms with E-state index in [1.54, 1.807) is 0 Å². The summed E-state index contributed by atoms with van der Waals surface area (Å²) in [5, 5.41) is 23.7. The third kappa shape index (κ3) is 4.05. The molecule has 2 N–H and O–H groups in total. The fourth-order valence-corrected chi connectivity index (χ4v) is 3.19. The van der Waals surface area contributed by atoms with Gasteiger partial charge in [-0.3, -0.25) is 14.9 Å². The first-order valence-electron chi connectivity index (χ1n) is 8.57. The molecule has 0 saturated carbocycles. The number of nitrogens with zero attached hydrogens (tertiary/aromatic N) is 2. The molecule has 1 aliphatic rings. The van der Waals surface area contributed by atoms with Crippen LogP contribution in [0.2, 0.25) is 0 Å². The Bertz CT molecular complexity index is 869. The highest BCUT2D eigenvalue weighted by Crippen LogP contribution is 2.28. The number of carboxylic acid groups (broad SMARTS) is 1. The van der Waals surface area contributed by atoms with Gasteiger partial charge >= 0.3 is 5.97 Å². The highest BCUT2D eigenvalue weighted by Gasteiger charge is 2.35. The third-order valence-electron chi connectivity index (χ3n) is 4.57. The van der Waals surface area contributed by atoms with E-state index in [-0.39, 0.29) is 11.3 Å². The quantitative estimate of drug-likeness (QED) is 0.598. The summed E-state index contributed by atoms with van der Waals surface area (Å²) in [6, 6.07) is 12.7. The zero-order chi connectivity index (χ0) is 19.4. The minimum Gasteiger partial charge on any atom is -0.480 e. The van der Waals surface area contributed by atoms with Crippen LogP contribution in [0.3, 0.4) is 0 Å². The number of amides is 1. The number of carboxylic acids is 1. The van der Waals surface area contributed by atoms with Crippen molar-refractivity contribution in [1.82, 2.24) is 4.90 Å². The monoisotopic (exact) mass is 369 g/mol. The second-order valence-corrected chi connectivity index (χ2v) is 6.32. The molecule has 1 amide bonds. The van der Waals surface area contributed by atoms with Crippen molar-refractivity contribution in [3.63, 3.8) is 0 Å². The van der Waals surface area contributed by atoms with Gasteiger partial charge in [-0.05, 0) is 30.5 Å². The van der Waals surface area contributed by atoms with Crippen molar-refractivity contribution < 1.29 is 19.6 Å². The van der Waals surface area contributed by atoms with Crippen molar-refractivity contribution in [2.24, 2.45) is 0 Å². The molecular weight excluding hydrogens is 350 g/mol. The lowest BCUT2D eigenvalue weighted by atomic mass is 10.1. The number of likely N-dealkylation sites (tertiary alicyclic amines) is 1. The SMILES string of the molecule is O=C(O)[C@H]1CCCN1C(=O)c1ccc(NCc2ccccc2)c([N+](=O)[O-])c1. The summed E-state index contributed by atoms with van der Waals surface area (Å²) < 4.78 is 0. The van der Waals surface area contributed by atoms with E-state index in [2.05, 4.69) is 5.32 Å². The van der Waals surface area contributed by atoms with Crippen LogP contribution in [0.25, 0.3) is 0 Å². The summed E-state index contributed by atoms with van der Waals surface area (Å²) in [5.74, 6) is -1.56. The Morgan fingerprint density at radius 2 is 1.96 bits per heavy atom. The highest BCUT2D eigenvalue weighted by atomic mass is 16.6. The van der Waals surface area contributed by atoms with Gasteiger partial charge < -0.3 is 15.3 Å². The standard InChI is InChI=1S/C19H19N3O5/c23-18(21-10-4-7-16(21)19(24)25)14-8-9-15(17(11-14)22(26)27)20-12-13-5-2-1-3-6-13/h1-3,5-6,8-9,11,16,20H,4,7,10,12H2,(H,24,25)/t16-/m1/s1. The van der Waals surface area contributed by atoms with Gasteiger partial charge in [0.2, 0.25) is 0 Å². The Morgan fingerprint density at radius 3 is 2.63 bits per heavy atom. The number of nitro benzene ring substituents is 1. The molecule has 1 saturated heterocycles. The number of nitro groups is 1. The first kappa shape index (κ1) is 18.4. The first-order valence-corrected chi connectivity index (χ1v) is 8.57. The van der Waals surface area contributed by atoms with E-state index in [1.807, 2.05) is 30.3 Å². The van der Waals surface area contributed by atoms with Gasteiger partial charge in [0.25, 0.3) is 11.6 Å². The summed E-state index contributed by atoms with van der Waals surface area (Å²) in [7, 11) is 0. The van der Waals surface area contributed by atoms with Crippen molar-refractivity contribution in [2.45, 2.75) is 25.4 Å². The summed E-state index contributed by atoms with van der Waals surface area (Å²) in [6.45, 7) is 0.736. The molecule has 140 valence electrons. The van der Waals surface area contributed by atoms with Gasteiger partial charge in [0.1, 0.15) is 11.7 Å². The highest BCUT2D eigenvalue weighted by molar-refractivity contribution is 5.98. The molecule has 1 aliphatic heterocycles. The number of rotatable bonds is 6. The zero-order valence-corrected chi connectivity index (χ0v) is 14.5. The minimum atomic E-state index is -1.06. The molecule has 3 rings (SSSR count). The van der Waals surface area contributed by atoms with E-state index in [4.69, 9.17) is 0 Å². The Morgan fingerprint density at radius 1 is 1.22 bits per heavy atom. The lowest BCUT2D eigenvalue weighted by Gasteiger charge is -2.21. The molecule has 8 nitrogen and oxygen atoms in total. The Kier molecular flexibility index (Phi) is 5.35. The molecule has 0 bridgehead atoms. The normalized spacial score (nSPS) is 16.1. The van der Waals surface area contributed by atoms with E-state index < -0.39 is 22.8 Å². The molecule has 8 heteroatoms. The van der Waals surface area contributed by atoms with Gasteiger partial charge in [-0.25, -0.2) is 4.79 Å². The Hall–Kier alpha value is -3.42. The zero-order valence-electron chi connectivity index (χ0n) is 14.5. The average molecular weight is 369 g/mol. The van der Waals surface area contributed by atoms with Crippen LogP contribution in [-0.4, -0.2) is 39.4 Å². The predicted octanol–water partition coefficient (Wildman–Crippen LogP) is 2.90. The number of hydrogen-bond acceptors (Lipinski definition) is 5. The second-order valence-electron chi connectivity index (χ2n) is 6.32. The number of aliphatic carboxylic acids is 1. The van der Waals surface area contributed by atoms with Crippen molar-refractivity contribution in [1.29, 1.82) is 0 Å². The lowest BCUT2D eigenvalue weighted by Crippen LogP contribution is -2.40. The van der Waals surface area contributed by atoms with E-state index in [0.29, 0.717) is 31.6 Å². The van der Waals surface area contributed by atoms with Gasteiger partial charge in [0.05, 0.1) is 4.92 Å². The van der Waals surface area contributed by atoms with Crippen LogP contribution in [0.5, 0.6) is 0 Å². The number of benzene rings is 2. The molecule has 0 unspecified atom stereocenters. The number of carbonyl (C=O) groups excluding carboxylic acids is 1. The van der Waals surface area contributed by atoms with Crippen LogP contribution in [0.15, 0.2) is 48.5 Å². The molecular formula is C19H19N3O5. The van der Waals surface area contributed by atoms with Crippen LogP contribution >= 0.6 is 0 Å². The van der Waals surface area contributed by atoms with Crippen LogP contribution in [0.1, 0.15) is 28.8 Å². The molecule has 1 heterocycles. The first-order chi connectivity index (χ1) is 13.0. The third-order valence-corrected chi connectivity index (χ3v) is 4.57. The van der Waals surface area contributed by atoms with Gasteiger partial charge in [-0.15, -0.1) is 0 Å². The fourth-order valence-electron chi connectivity index (χ4n) is 3.19. The van der Waals surface area contributed by atoms with Crippen molar-refractivity contribution in [3.8, 4) is 0 Å². The van der Waals surface area contributed by atoms with Crippen molar-refractivity contribution >= 4 is 23.3 Å². The van der Waals surface area contributed by atoms with E-state index >= 15 is 0 Å². The van der Waals surface area contributed by atoms with Crippen LogP contribution < -0.4 is 5.32 Å². The number of carbonyl (C=O) groups is 2. The second kappa shape index (κ2) is 7.86. The molecule has 1 atom stereocenters. The maximum absolute atomic E-state index is 12.6.